The molecule has 130 valence electrons. The van der Waals surface area contributed by atoms with Crippen molar-refractivity contribution in [2.24, 2.45) is 7.05 Å². The van der Waals surface area contributed by atoms with Crippen molar-refractivity contribution >= 4 is 11.4 Å². The lowest BCUT2D eigenvalue weighted by molar-refractivity contribution is 0.135. The van der Waals surface area contributed by atoms with Gasteiger partial charge >= 0.3 is 0 Å². The Morgan fingerprint density at radius 3 is 2.38 bits per heavy atom. The molecule has 0 amide bonds. The van der Waals surface area contributed by atoms with Gasteiger partial charge in [-0.15, -0.1) is 4.31 Å². The van der Waals surface area contributed by atoms with Gasteiger partial charge in [-0.3, -0.25) is 4.68 Å². The number of aromatic nitrogens is 2. The third kappa shape index (κ3) is 3.58. The van der Waals surface area contributed by atoms with E-state index in [9.17, 15) is 8.94 Å². The monoisotopic (exact) mass is 351 g/mol. The Morgan fingerprint density at radius 2 is 1.83 bits per heavy atom. The van der Waals surface area contributed by atoms with Gasteiger partial charge in [0.05, 0.1) is 17.1 Å². The maximum Gasteiger partial charge on any atom is 0.217 e. The third-order valence-electron chi connectivity index (χ3n) is 4.37. The predicted molar refractivity (Wildman–Crippen MR) is 90.7 cm³/mol. The first-order chi connectivity index (χ1) is 11.5. The fraction of sp³-hybridized carbons (Fsp3) is 0.471. The Kier molecular flexibility index (Phi) is 5.12. The van der Waals surface area contributed by atoms with E-state index in [1.54, 1.807) is 16.8 Å². The van der Waals surface area contributed by atoms with Crippen molar-refractivity contribution in [3.63, 3.8) is 0 Å². The fourth-order valence-electron chi connectivity index (χ4n) is 2.96. The van der Waals surface area contributed by atoms with Crippen molar-refractivity contribution in [3.8, 4) is 5.75 Å². The first-order valence-electron chi connectivity index (χ1n) is 8.05. The van der Waals surface area contributed by atoms with Gasteiger partial charge in [0.1, 0.15) is 23.4 Å². The minimum absolute atomic E-state index is 0.0693. The summed E-state index contributed by atoms with van der Waals surface area (Å²) in [6.07, 6.45) is 1.66. The van der Waals surface area contributed by atoms with E-state index in [0.29, 0.717) is 18.8 Å². The summed E-state index contributed by atoms with van der Waals surface area (Å²) in [4.78, 5) is 0.815. The summed E-state index contributed by atoms with van der Waals surface area (Å²) in [7, 11) is 1.87. The molecule has 1 fully saturated rings. The minimum atomic E-state index is -1.19. The first kappa shape index (κ1) is 17.3. The standard InChI is InChI=1S/C17H22FN3O2S/c1-12-17(13(2)20(3)19-12)24(22)21-10-8-16(9-11-21)23-15-6-4-14(18)5-7-15/h4-7,16H,8-11H2,1-3H3. The zero-order chi connectivity index (χ0) is 17.3. The molecule has 2 aromatic rings. The Hall–Kier alpha value is -1.57. The smallest absolute Gasteiger partial charge is 0.217 e. The van der Waals surface area contributed by atoms with Crippen LogP contribution in [0, 0.1) is 19.7 Å². The lowest BCUT2D eigenvalue weighted by Crippen LogP contribution is -2.42. The van der Waals surface area contributed by atoms with Crippen LogP contribution in [0.15, 0.2) is 29.2 Å². The number of piperidine rings is 1. The van der Waals surface area contributed by atoms with Crippen LogP contribution >= 0.6 is 0 Å². The fourth-order valence-corrected chi connectivity index (χ4v) is 4.44. The second kappa shape index (κ2) is 7.13. The lowest BCUT2D eigenvalue weighted by Gasteiger charge is -2.31. The molecule has 0 saturated carbocycles. The van der Waals surface area contributed by atoms with E-state index >= 15 is 0 Å². The van der Waals surface area contributed by atoms with E-state index < -0.39 is 11.4 Å². The van der Waals surface area contributed by atoms with Crippen LogP contribution in [0.2, 0.25) is 0 Å². The van der Waals surface area contributed by atoms with Crippen LogP contribution in [-0.4, -0.2) is 37.8 Å². The molecule has 1 atom stereocenters. The molecule has 1 aromatic heterocycles. The molecule has 1 aliphatic heterocycles. The first-order valence-corrected chi connectivity index (χ1v) is 9.15. The van der Waals surface area contributed by atoms with Gasteiger partial charge in [0, 0.05) is 33.0 Å². The van der Waals surface area contributed by atoms with E-state index in [0.717, 1.165) is 29.1 Å². The predicted octanol–water partition coefficient (Wildman–Crippen LogP) is 2.74. The zero-order valence-corrected chi connectivity index (χ0v) is 15.0. The van der Waals surface area contributed by atoms with Crippen LogP contribution in [0.25, 0.3) is 0 Å². The summed E-state index contributed by atoms with van der Waals surface area (Å²) in [5, 5.41) is 4.35. The number of ether oxygens (including phenoxy) is 1. The number of rotatable bonds is 4. The average Bonchev–Trinajstić information content (AvgIpc) is 2.82. The molecule has 0 bridgehead atoms. The molecule has 7 heteroatoms. The number of hydrogen-bond donors (Lipinski definition) is 0. The summed E-state index contributed by atoms with van der Waals surface area (Å²) in [5.41, 5.74) is 1.76. The molecule has 1 saturated heterocycles. The van der Waals surface area contributed by atoms with Gasteiger partial charge in [0.15, 0.2) is 0 Å². The summed E-state index contributed by atoms with van der Waals surface area (Å²) in [6, 6.07) is 6.07. The van der Waals surface area contributed by atoms with Crippen LogP contribution < -0.4 is 4.74 Å². The second-order valence-corrected chi connectivity index (χ2v) is 7.50. The van der Waals surface area contributed by atoms with Crippen molar-refractivity contribution in [1.82, 2.24) is 14.1 Å². The quantitative estimate of drug-likeness (QED) is 0.795. The van der Waals surface area contributed by atoms with E-state index in [-0.39, 0.29) is 11.9 Å². The van der Waals surface area contributed by atoms with Crippen LogP contribution in [0.4, 0.5) is 4.39 Å². The number of hydrogen-bond acceptors (Lipinski definition) is 4. The molecule has 1 unspecified atom stereocenters. The largest absolute Gasteiger partial charge is 0.593 e. The Labute approximate surface area is 144 Å². The van der Waals surface area contributed by atoms with Crippen LogP contribution in [0.5, 0.6) is 5.75 Å². The highest BCUT2D eigenvalue weighted by Gasteiger charge is 2.33. The summed E-state index contributed by atoms with van der Waals surface area (Å²) >= 11 is -1.19. The third-order valence-corrected chi connectivity index (χ3v) is 6.14. The van der Waals surface area contributed by atoms with E-state index in [2.05, 4.69) is 5.10 Å². The van der Waals surface area contributed by atoms with Crippen LogP contribution in [-0.2, 0) is 18.4 Å². The average molecular weight is 351 g/mol. The number of halogens is 1. The molecule has 0 N–H and O–H groups in total. The van der Waals surface area contributed by atoms with Gasteiger partial charge in [-0.2, -0.15) is 5.10 Å². The van der Waals surface area contributed by atoms with Crippen molar-refractivity contribution in [2.45, 2.75) is 37.7 Å². The number of benzene rings is 1. The van der Waals surface area contributed by atoms with Gasteiger partial charge in [0.2, 0.25) is 4.90 Å². The Balaban J connectivity index is 1.59. The molecule has 0 radical (unpaired) electrons. The second-order valence-electron chi connectivity index (χ2n) is 6.07. The molecule has 2 heterocycles. The summed E-state index contributed by atoms with van der Waals surface area (Å²) in [6.45, 7) is 5.24. The van der Waals surface area contributed by atoms with E-state index in [4.69, 9.17) is 4.74 Å². The molecule has 5 nitrogen and oxygen atoms in total. The number of nitrogens with zero attached hydrogens (tertiary/aromatic N) is 3. The van der Waals surface area contributed by atoms with Crippen LogP contribution in [0.1, 0.15) is 24.2 Å². The number of aryl methyl sites for hydroxylation is 2. The van der Waals surface area contributed by atoms with Crippen molar-refractivity contribution in [1.29, 1.82) is 0 Å². The lowest BCUT2D eigenvalue weighted by atomic mass is 10.1. The van der Waals surface area contributed by atoms with Gasteiger partial charge < -0.3 is 9.29 Å². The van der Waals surface area contributed by atoms with Gasteiger partial charge in [-0.1, -0.05) is 0 Å². The molecular weight excluding hydrogens is 329 g/mol. The van der Waals surface area contributed by atoms with E-state index in [1.807, 2.05) is 25.2 Å². The van der Waals surface area contributed by atoms with E-state index in [1.165, 1.54) is 12.1 Å². The highest BCUT2D eigenvalue weighted by Crippen LogP contribution is 2.27. The molecule has 0 spiro atoms. The van der Waals surface area contributed by atoms with Crippen LogP contribution in [0.3, 0.4) is 0 Å². The minimum Gasteiger partial charge on any atom is -0.593 e. The molecule has 1 aromatic carbocycles. The highest BCUT2D eigenvalue weighted by atomic mass is 32.2. The Morgan fingerprint density at radius 1 is 1.21 bits per heavy atom. The zero-order valence-electron chi connectivity index (χ0n) is 14.2. The molecule has 24 heavy (non-hydrogen) atoms. The summed E-state index contributed by atoms with van der Waals surface area (Å²) < 4.78 is 35.4. The molecule has 0 aliphatic carbocycles. The van der Waals surface area contributed by atoms with Gasteiger partial charge in [-0.25, -0.2) is 4.39 Å². The maximum atomic E-state index is 12.9. The molecular formula is C17H22FN3O2S. The van der Waals surface area contributed by atoms with Crippen molar-refractivity contribution in [2.75, 3.05) is 13.1 Å². The molecule has 3 rings (SSSR count). The Bertz CT molecular complexity index is 697. The topological polar surface area (TPSA) is 53.3 Å². The normalized spacial score (nSPS) is 17.9. The van der Waals surface area contributed by atoms with Crippen molar-refractivity contribution in [3.05, 3.63) is 41.5 Å². The van der Waals surface area contributed by atoms with Crippen molar-refractivity contribution < 1.29 is 13.7 Å². The van der Waals surface area contributed by atoms with Gasteiger partial charge in [-0.05, 0) is 38.1 Å². The summed E-state index contributed by atoms with van der Waals surface area (Å²) in [5.74, 6) is 0.407. The SMILES string of the molecule is Cc1nn(C)c(C)c1[S+]([O-])N1CCC(Oc2ccc(F)cc2)CC1. The molecule has 1 aliphatic rings. The maximum absolute atomic E-state index is 12.9. The van der Waals surface area contributed by atoms with Gasteiger partial charge in [0.25, 0.3) is 0 Å². The highest BCUT2D eigenvalue weighted by molar-refractivity contribution is 7.89.